The van der Waals surface area contributed by atoms with E-state index in [0.717, 1.165) is 48.8 Å². The Morgan fingerprint density at radius 1 is 1.19 bits per heavy atom. The van der Waals surface area contributed by atoms with E-state index in [1.54, 1.807) is 0 Å². The summed E-state index contributed by atoms with van der Waals surface area (Å²) in [6.07, 6.45) is 5.59. The van der Waals surface area contributed by atoms with Crippen LogP contribution < -0.4 is 4.74 Å². The highest BCUT2D eigenvalue weighted by Gasteiger charge is 2.59. The van der Waals surface area contributed by atoms with E-state index in [9.17, 15) is 8.42 Å². The van der Waals surface area contributed by atoms with Crippen LogP contribution in [0.3, 0.4) is 0 Å². The summed E-state index contributed by atoms with van der Waals surface area (Å²) in [4.78, 5) is 2.48. The van der Waals surface area contributed by atoms with Crippen LogP contribution in [0.4, 0.5) is 0 Å². The third-order valence-electron chi connectivity index (χ3n) is 6.44. The highest BCUT2D eigenvalue weighted by atomic mass is 35.5. The summed E-state index contributed by atoms with van der Waals surface area (Å²) in [5.41, 5.74) is 2.30. The SMILES string of the molecule is CS(=O)(=O)N1[C@@H]2CC[C@H]1[C@H]1CN(CC3=Cc4cc(Cl)ccc4OC3)C[C@H]12. The summed E-state index contributed by atoms with van der Waals surface area (Å²) in [5, 5.41) is 0.720. The maximum atomic E-state index is 12.1. The fourth-order valence-corrected chi connectivity index (χ4v) is 7.29. The van der Waals surface area contributed by atoms with Gasteiger partial charge in [0, 0.05) is 42.3 Å². The highest BCUT2D eigenvalue weighted by Crippen LogP contribution is 2.50. The predicted molar refractivity (Wildman–Crippen MR) is 102 cm³/mol. The number of hydrogen-bond donors (Lipinski definition) is 0. The lowest BCUT2D eigenvalue weighted by Crippen LogP contribution is -2.39. The van der Waals surface area contributed by atoms with Crippen LogP contribution in [0.15, 0.2) is 23.8 Å². The molecule has 0 radical (unpaired) electrons. The second-order valence-electron chi connectivity index (χ2n) is 8.10. The first-order chi connectivity index (χ1) is 12.4. The van der Waals surface area contributed by atoms with Gasteiger partial charge in [0.05, 0.1) is 6.26 Å². The molecule has 5 rings (SSSR count). The molecule has 7 heteroatoms. The maximum absolute atomic E-state index is 12.1. The molecular formula is C19H23ClN2O3S. The van der Waals surface area contributed by atoms with Gasteiger partial charge in [-0.2, -0.15) is 4.31 Å². The van der Waals surface area contributed by atoms with E-state index in [2.05, 4.69) is 11.0 Å². The van der Waals surface area contributed by atoms with Crippen LogP contribution in [-0.2, 0) is 10.0 Å². The van der Waals surface area contributed by atoms with Gasteiger partial charge in [-0.25, -0.2) is 8.42 Å². The van der Waals surface area contributed by atoms with Gasteiger partial charge < -0.3 is 4.74 Å². The molecule has 1 aromatic carbocycles. The van der Waals surface area contributed by atoms with Crippen molar-refractivity contribution in [3.63, 3.8) is 0 Å². The van der Waals surface area contributed by atoms with Gasteiger partial charge in [-0.1, -0.05) is 11.6 Å². The van der Waals surface area contributed by atoms with Crippen molar-refractivity contribution in [2.24, 2.45) is 11.8 Å². The summed E-state index contributed by atoms with van der Waals surface area (Å²) >= 11 is 6.10. The standard InChI is InChI=1S/C19H23ClN2O3S/c1-26(23,24)22-17-3-4-18(22)16-10-21(9-15(16)17)8-12-6-13-7-14(20)2-5-19(13)25-11-12/h2,5-7,15-18H,3-4,8-11H2,1H3/t15-,16+,17-,18+. The second kappa shape index (κ2) is 5.96. The summed E-state index contributed by atoms with van der Waals surface area (Å²) in [7, 11) is -3.09. The molecule has 0 saturated carbocycles. The molecule has 3 fully saturated rings. The smallest absolute Gasteiger partial charge is 0.211 e. The minimum absolute atomic E-state index is 0.209. The molecule has 0 aliphatic carbocycles. The Hall–Kier alpha value is -1.08. The fraction of sp³-hybridized carbons (Fsp3) is 0.579. The van der Waals surface area contributed by atoms with Crippen LogP contribution in [0.1, 0.15) is 18.4 Å². The number of hydrogen-bond acceptors (Lipinski definition) is 4. The van der Waals surface area contributed by atoms with Gasteiger partial charge in [-0.05, 0) is 54.5 Å². The lowest BCUT2D eigenvalue weighted by atomic mass is 9.82. The fourth-order valence-electron chi connectivity index (χ4n) is 5.60. The number of benzene rings is 1. The Labute approximate surface area is 159 Å². The Bertz CT molecular complexity index is 865. The van der Waals surface area contributed by atoms with E-state index in [-0.39, 0.29) is 12.1 Å². The third-order valence-corrected chi connectivity index (χ3v) is 7.99. The lowest BCUT2D eigenvalue weighted by Gasteiger charge is -2.26. The van der Waals surface area contributed by atoms with Crippen molar-refractivity contribution < 1.29 is 13.2 Å². The number of sulfonamides is 1. The maximum Gasteiger partial charge on any atom is 0.211 e. The van der Waals surface area contributed by atoms with E-state index in [4.69, 9.17) is 16.3 Å². The molecular weight excluding hydrogens is 372 g/mol. The molecule has 4 aliphatic heterocycles. The van der Waals surface area contributed by atoms with Crippen molar-refractivity contribution in [3.05, 3.63) is 34.4 Å². The first kappa shape index (κ1) is 17.0. The van der Waals surface area contributed by atoms with Crippen molar-refractivity contribution in [2.75, 3.05) is 32.5 Å². The van der Waals surface area contributed by atoms with Crippen LogP contribution in [0.25, 0.3) is 6.08 Å². The minimum atomic E-state index is -3.09. The van der Waals surface area contributed by atoms with Crippen molar-refractivity contribution >= 4 is 27.7 Å². The van der Waals surface area contributed by atoms with E-state index < -0.39 is 10.0 Å². The van der Waals surface area contributed by atoms with Gasteiger partial charge in [-0.3, -0.25) is 4.90 Å². The molecule has 26 heavy (non-hydrogen) atoms. The number of likely N-dealkylation sites (tertiary alicyclic amines) is 1. The molecule has 0 spiro atoms. The molecule has 0 aromatic heterocycles. The molecule has 0 N–H and O–H groups in total. The van der Waals surface area contributed by atoms with Gasteiger partial charge >= 0.3 is 0 Å². The van der Waals surface area contributed by atoms with Crippen molar-refractivity contribution in [1.82, 2.24) is 9.21 Å². The Balaban J connectivity index is 1.31. The van der Waals surface area contributed by atoms with Crippen LogP contribution in [0, 0.1) is 11.8 Å². The largest absolute Gasteiger partial charge is 0.489 e. The summed E-state index contributed by atoms with van der Waals surface area (Å²) in [6.45, 7) is 3.47. The van der Waals surface area contributed by atoms with Crippen molar-refractivity contribution in [1.29, 1.82) is 0 Å². The van der Waals surface area contributed by atoms with Crippen molar-refractivity contribution in [3.8, 4) is 5.75 Å². The van der Waals surface area contributed by atoms with Crippen LogP contribution in [0.2, 0.25) is 5.02 Å². The van der Waals surface area contributed by atoms with E-state index in [1.165, 1.54) is 11.8 Å². The van der Waals surface area contributed by atoms with Crippen LogP contribution in [-0.4, -0.2) is 62.2 Å². The quantitative estimate of drug-likeness (QED) is 0.790. The Kier molecular flexibility index (Phi) is 3.91. The van der Waals surface area contributed by atoms with Gasteiger partial charge in [0.25, 0.3) is 0 Å². The molecule has 140 valence electrons. The van der Waals surface area contributed by atoms with Crippen LogP contribution in [0.5, 0.6) is 5.75 Å². The minimum Gasteiger partial charge on any atom is -0.489 e. The molecule has 2 bridgehead atoms. The first-order valence-electron chi connectivity index (χ1n) is 9.23. The lowest BCUT2D eigenvalue weighted by molar-refractivity contribution is 0.268. The molecule has 4 heterocycles. The Morgan fingerprint density at radius 2 is 1.88 bits per heavy atom. The number of halogens is 1. The van der Waals surface area contributed by atoms with Crippen LogP contribution >= 0.6 is 11.6 Å². The number of nitrogens with zero attached hydrogens (tertiary/aromatic N) is 2. The topological polar surface area (TPSA) is 49.9 Å². The van der Waals surface area contributed by atoms with Crippen molar-refractivity contribution in [2.45, 2.75) is 24.9 Å². The van der Waals surface area contributed by atoms with E-state index >= 15 is 0 Å². The summed E-state index contributed by atoms with van der Waals surface area (Å²) in [5.74, 6) is 1.85. The number of rotatable bonds is 3. The highest BCUT2D eigenvalue weighted by molar-refractivity contribution is 7.88. The zero-order valence-corrected chi connectivity index (χ0v) is 16.3. The van der Waals surface area contributed by atoms with Gasteiger partial charge in [-0.15, -0.1) is 0 Å². The molecule has 3 saturated heterocycles. The zero-order chi connectivity index (χ0) is 18.1. The molecule has 1 aromatic rings. The average molecular weight is 395 g/mol. The molecule has 4 atom stereocenters. The van der Waals surface area contributed by atoms with Gasteiger partial charge in [0.1, 0.15) is 12.4 Å². The zero-order valence-electron chi connectivity index (χ0n) is 14.8. The summed E-state index contributed by atoms with van der Waals surface area (Å²) in [6, 6.07) is 6.13. The normalized spacial score (nSPS) is 33.7. The van der Waals surface area contributed by atoms with Gasteiger partial charge in [0.2, 0.25) is 10.0 Å². The molecule has 0 amide bonds. The van der Waals surface area contributed by atoms with E-state index in [1.807, 2.05) is 22.5 Å². The predicted octanol–water partition coefficient (Wildman–Crippen LogP) is 2.47. The number of ether oxygens (including phenoxy) is 1. The first-order valence-corrected chi connectivity index (χ1v) is 11.5. The average Bonchev–Trinajstić information content (AvgIpc) is 3.23. The van der Waals surface area contributed by atoms with Gasteiger partial charge in [0.15, 0.2) is 0 Å². The molecule has 4 aliphatic rings. The number of fused-ring (bicyclic) bond motifs is 6. The monoisotopic (exact) mass is 394 g/mol. The molecule has 5 nitrogen and oxygen atoms in total. The third kappa shape index (κ3) is 2.70. The van der Waals surface area contributed by atoms with E-state index in [0.29, 0.717) is 18.4 Å². The molecule has 0 unspecified atom stereocenters. The Morgan fingerprint density at radius 3 is 2.54 bits per heavy atom. The summed E-state index contributed by atoms with van der Waals surface area (Å²) < 4.78 is 32.0. The second-order valence-corrected chi connectivity index (χ2v) is 10.4.